The lowest BCUT2D eigenvalue weighted by molar-refractivity contribution is -0.142. The molecule has 0 aliphatic heterocycles. The molecule has 0 aliphatic carbocycles. The smallest absolute Gasteiger partial charge is 0.410 e. The molecule has 1 N–H and O–H groups in total. The van der Waals surface area contributed by atoms with Gasteiger partial charge in [-0.1, -0.05) is 18.2 Å². The number of hydrogen-bond donors (Lipinski definition) is 1. The molecule has 0 saturated carbocycles. The van der Waals surface area contributed by atoms with Crippen molar-refractivity contribution in [2.45, 2.75) is 32.8 Å². The van der Waals surface area contributed by atoms with E-state index in [1.165, 1.54) is 18.0 Å². The van der Waals surface area contributed by atoms with Gasteiger partial charge in [-0.3, -0.25) is 4.79 Å². The molecule has 0 fully saturated rings. The van der Waals surface area contributed by atoms with Crippen LogP contribution in [0.4, 0.5) is 9.18 Å². The second-order valence-corrected chi connectivity index (χ2v) is 6.19. The summed E-state index contributed by atoms with van der Waals surface area (Å²) in [6.07, 6.45) is -0.595. The van der Waals surface area contributed by atoms with Crippen molar-refractivity contribution in [3.63, 3.8) is 0 Å². The highest BCUT2D eigenvalue weighted by molar-refractivity contribution is 5.73. The van der Waals surface area contributed by atoms with Crippen molar-refractivity contribution >= 4 is 12.1 Å². The van der Waals surface area contributed by atoms with Gasteiger partial charge < -0.3 is 14.7 Å². The quantitative estimate of drug-likeness (QED) is 0.908. The van der Waals surface area contributed by atoms with Crippen LogP contribution in [0.5, 0.6) is 0 Å². The molecule has 1 amide bonds. The van der Waals surface area contributed by atoms with Crippen molar-refractivity contribution in [2.24, 2.45) is 5.92 Å². The minimum Gasteiger partial charge on any atom is -0.481 e. The second kappa shape index (κ2) is 7.24. The molecule has 1 aromatic rings. The first-order chi connectivity index (χ1) is 10.1. The van der Waals surface area contributed by atoms with Gasteiger partial charge in [0, 0.05) is 13.6 Å². The van der Waals surface area contributed by atoms with Gasteiger partial charge in [-0.2, -0.15) is 0 Å². The van der Waals surface area contributed by atoms with E-state index in [0.717, 1.165) is 0 Å². The summed E-state index contributed by atoms with van der Waals surface area (Å²) in [5.41, 5.74) is -0.345. The number of nitrogens with zero attached hydrogens (tertiary/aromatic N) is 1. The van der Waals surface area contributed by atoms with Crippen molar-refractivity contribution in [3.05, 3.63) is 35.6 Å². The summed E-state index contributed by atoms with van der Waals surface area (Å²) in [5, 5.41) is 9.29. The van der Waals surface area contributed by atoms with Crippen molar-refractivity contribution in [3.8, 4) is 0 Å². The minimum absolute atomic E-state index is 0.00907. The average Bonchev–Trinajstić information content (AvgIpc) is 2.38. The zero-order valence-corrected chi connectivity index (χ0v) is 13.3. The predicted molar refractivity (Wildman–Crippen MR) is 80.1 cm³/mol. The third kappa shape index (κ3) is 5.71. The molecule has 5 nitrogen and oxygen atoms in total. The SMILES string of the molecule is CN(CC(Cc1ccccc1F)C(=O)O)C(=O)OC(C)(C)C. The molecule has 1 aromatic carbocycles. The normalized spacial score (nSPS) is 12.6. The molecular formula is C16H22FNO4. The molecule has 1 rings (SSSR count). The highest BCUT2D eigenvalue weighted by Crippen LogP contribution is 2.16. The molecule has 0 bridgehead atoms. The van der Waals surface area contributed by atoms with E-state index in [-0.39, 0.29) is 13.0 Å². The van der Waals surface area contributed by atoms with Gasteiger partial charge >= 0.3 is 12.1 Å². The van der Waals surface area contributed by atoms with Crippen LogP contribution in [0, 0.1) is 11.7 Å². The average molecular weight is 311 g/mol. The molecule has 0 spiro atoms. The van der Waals surface area contributed by atoms with Gasteiger partial charge in [0.25, 0.3) is 0 Å². The van der Waals surface area contributed by atoms with Crippen LogP contribution in [0.1, 0.15) is 26.3 Å². The van der Waals surface area contributed by atoms with Crippen LogP contribution in [0.25, 0.3) is 0 Å². The van der Waals surface area contributed by atoms with Gasteiger partial charge in [-0.15, -0.1) is 0 Å². The number of ether oxygens (including phenoxy) is 1. The first-order valence-corrected chi connectivity index (χ1v) is 7.00. The lowest BCUT2D eigenvalue weighted by Crippen LogP contribution is -2.39. The van der Waals surface area contributed by atoms with Crippen molar-refractivity contribution in [1.29, 1.82) is 0 Å². The molecule has 1 unspecified atom stereocenters. The fraction of sp³-hybridized carbons (Fsp3) is 0.500. The first kappa shape index (κ1) is 17.9. The van der Waals surface area contributed by atoms with E-state index in [1.807, 2.05) is 0 Å². The van der Waals surface area contributed by atoms with Crippen LogP contribution >= 0.6 is 0 Å². The molecule has 122 valence electrons. The third-order valence-electron chi connectivity index (χ3n) is 2.97. The van der Waals surface area contributed by atoms with Crippen LogP contribution in [-0.4, -0.2) is 41.3 Å². The van der Waals surface area contributed by atoms with Crippen molar-refractivity contribution in [2.75, 3.05) is 13.6 Å². The molecule has 1 atom stereocenters. The standard InChI is InChI=1S/C16H22FNO4/c1-16(2,3)22-15(21)18(4)10-12(14(19)20)9-11-7-5-6-8-13(11)17/h5-8,12H,9-10H2,1-4H3,(H,19,20). The number of carboxylic acids is 1. The van der Waals surface area contributed by atoms with Crippen molar-refractivity contribution in [1.82, 2.24) is 4.90 Å². The maximum Gasteiger partial charge on any atom is 0.410 e. The Bertz CT molecular complexity index is 539. The van der Waals surface area contributed by atoms with Crippen LogP contribution < -0.4 is 0 Å². The Morgan fingerprint density at radius 1 is 1.32 bits per heavy atom. The lowest BCUT2D eigenvalue weighted by Gasteiger charge is -2.26. The van der Waals surface area contributed by atoms with Gasteiger partial charge in [0.05, 0.1) is 5.92 Å². The number of hydrogen-bond acceptors (Lipinski definition) is 3. The van der Waals surface area contributed by atoms with E-state index in [2.05, 4.69) is 0 Å². The zero-order valence-electron chi connectivity index (χ0n) is 13.3. The fourth-order valence-electron chi connectivity index (χ4n) is 1.90. The number of carbonyl (C=O) groups is 2. The van der Waals surface area contributed by atoms with Gasteiger partial charge in [0.2, 0.25) is 0 Å². The van der Waals surface area contributed by atoms with E-state index < -0.39 is 29.4 Å². The predicted octanol–water partition coefficient (Wildman–Crippen LogP) is 2.94. The van der Waals surface area contributed by atoms with Crippen LogP contribution in [0.15, 0.2) is 24.3 Å². The van der Waals surface area contributed by atoms with Gasteiger partial charge in [-0.25, -0.2) is 9.18 Å². The Balaban J connectivity index is 2.75. The molecule has 6 heteroatoms. The minimum atomic E-state index is -1.08. The van der Waals surface area contributed by atoms with E-state index in [4.69, 9.17) is 4.74 Å². The Labute approximate surface area is 129 Å². The van der Waals surface area contributed by atoms with Crippen molar-refractivity contribution < 1.29 is 23.8 Å². The number of aliphatic carboxylic acids is 1. The Kier molecular flexibility index (Phi) is 5.91. The second-order valence-electron chi connectivity index (χ2n) is 6.19. The highest BCUT2D eigenvalue weighted by Gasteiger charge is 2.26. The van der Waals surface area contributed by atoms with Crippen LogP contribution in [0.3, 0.4) is 0 Å². The summed E-state index contributed by atoms with van der Waals surface area (Å²) in [4.78, 5) is 24.4. The summed E-state index contributed by atoms with van der Waals surface area (Å²) in [7, 11) is 1.46. The summed E-state index contributed by atoms with van der Waals surface area (Å²) in [6, 6.07) is 6.01. The van der Waals surface area contributed by atoms with E-state index >= 15 is 0 Å². The molecule has 0 aliphatic rings. The number of benzene rings is 1. The fourth-order valence-corrected chi connectivity index (χ4v) is 1.90. The third-order valence-corrected chi connectivity index (χ3v) is 2.97. The number of halogens is 1. The van der Waals surface area contributed by atoms with Gasteiger partial charge in [0.1, 0.15) is 11.4 Å². The van der Waals surface area contributed by atoms with Gasteiger partial charge in [-0.05, 0) is 38.8 Å². The van der Waals surface area contributed by atoms with E-state index in [1.54, 1.807) is 39.0 Å². The Morgan fingerprint density at radius 2 is 1.91 bits per heavy atom. The van der Waals surface area contributed by atoms with Crippen LogP contribution in [0.2, 0.25) is 0 Å². The number of rotatable bonds is 5. The molecular weight excluding hydrogens is 289 g/mol. The first-order valence-electron chi connectivity index (χ1n) is 7.00. The molecule has 0 heterocycles. The van der Waals surface area contributed by atoms with E-state index in [9.17, 15) is 19.1 Å². The molecule has 0 radical (unpaired) electrons. The van der Waals surface area contributed by atoms with Gasteiger partial charge in [0.15, 0.2) is 0 Å². The Morgan fingerprint density at radius 3 is 2.41 bits per heavy atom. The maximum absolute atomic E-state index is 13.6. The highest BCUT2D eigenvalue weighted by atomic mass is 19.1. The summed E-state index contributed by atoms with van der Waals surface area (Å²) in [5.74, 6) is -2.44. The topological polar surface area (TPSA) is 66.8 Å². The summed E-state index contributed by atoms with van der Waals surface area (Å²) >= 11 is 0. The molecule has 0 saturated heterocycles. The lowest BCUT2D eigenvalue weighted by atomic mass is 9.98. The number of carboxylic acid groups (broad SMARTS) is 1. The molecule has 0 aromatic heterocycles. The summed E-state index contributed by atoms with van der Waals surface area (Å²) < 4.78 is 18.8. The monoisotopic (exact) mass is 311 g/mol. The largest absolute Gasteiger partial charge is 0.481 e. The number of carbonyl (C=O) groups excluding carboxylic acids is 1. The Hall–Kier alpha value is -2.11. The maximum atomic E-state index is 13.6. The zero-order chi connectivity index (χ0) is 16.9. The number of amides is 1. The van der Waals surface area contributed by atoms with Crippen LogP contribution in [-0.2, 0) is 16.0 Å². The molecule has 22 heavy (non-hydrogen) atoms. The van der Waals surface area contributed by atoms with E-state index in [0.29, 0.717) is 5.56 Å². The summed E-state index contributed by atoms with van der Waals surface area (Å²) in [6.45, 7) is 5.13.